The van der Waals surface area contributed by atoms with E-state index in [9.17, 15) is 0 Å². The molecule has 2 rings (SSSR count). The Labute approximate surface area is 143 Å². The molecule has 0 aliphatic heterocycles. The first-order chi connectivity index (χ1) is 11.8. The van der Waals surface area contributed by atoms with E-state index in [0.717, 1.165) is 50.7 Å². The molecule has 1 aromatic heterocycles. The summed E-state index contributed by atoms with van der Waals surface area (Å²) in [7, 11) is 1.71. The van der Waals surface area contributed by atoms with Crippen LogP contribution in [-0.4, -0.2) is 42.5 Å². The Balaban J connectivity index is 1.76. The van der Waals surface area contributed by atoms with E-state index in [0.29, 0.717) is 0 Å². The van der Waals surface area contributed by atoms with Crippen molar-refractivity contribution in [3.8, 4) is 5.75 Å². The van der Waals surface area contributed by atoms with E-state index in [1.165, 1.54) is 5.56 Å². The number of para-hydroxylation sites is 1. The molecule has 0 radical (unpaired) electrons. The minimum absolute atomic E-state index is 0.768. The van der Waals surface area contributed by atoms with Gasteiger partial charge in [0.2, 0.25) is 0 Å². The van der Waals surface area contributed by atoms with Gasteiger partial charge in [0.05, 0.1) is 7.11 Å². The summed E-state index contributed by atoms with van der Waals surface area (Å²) < 4.78 is 7.31. The third-order valence-electron chi connectivity index (χ3n) is 3.60. The fraction of sp³-hybridized carbons (Fsp3) is 0.444. The van der Waals surface area contributed by atoms with Crippen LogP contribution in [0.5, 0.6) is 5.75 Å². The molecule has 6 heteroatoms. The molecule has 0 aliphatic rings. The summed E-state index contributed by atoms with van der Waals surface area (Å²) in [6, 6.07) is 10.0. The summed E-state index contributed by atoms with van der Waals surface area (Å²) in [4.78, 5) is 4.61. The maximum absolute atomic E-state index is 5.38. The van der Waals surface area contributed by atoms with Gasteiger partial charge in [-0.1, -0.05) is 18.2 Å². The lowest BCUT2D eigenvalue weighted by Gasteiger charge is -2.12. The summed E-state index contributed by atoms with van der Waals surface area (Å²) in [6.45, 7) is 5.38. The molecule has 0 unspecified atom stereocenters. The molecule has 0 atom stereocenters. The Kier molecular flexibility index (Phi) is 7.67. The second kappa shape index (κ2) is 10.3. The minimum Gasteiger partial charge on any atom is -0.496 e. The van der Waals surface area contributed by atoms with E-state index in [1.54, 1.807) is 13.3 Å². The number of aryl methyl sites for hydroxylation is 1. The third kappa shape index (κ3) is 5.95. The monoisotopic (exact) mass is 329 g/mol. The minimum atomic E-state index is 0.768. The quantitative estimate of drug-likeness (QED) is 0.420. The number of guanidine groups is 1. The number of benzene rings is 1. The van der Waals surface area contributed by atoms with Crippen molar-refractivity contribution in [3.05, 3.63) is 48.3 Å². The highest BCUT2D eigenvalue weighted by molar-refractivity contribution is 5.79. The average molecular weight is 329 g/mol. The molecule has 1 aromatic carbocycles. The average Bonchev–Trinajstić information content (AvgIpc) is 3.12. The van der Waals surface area contributed by atoms with Gasteiger partial charge in [-0.25, -0.2) is 0 Å². The van der Waals surface area contributed by atoms with Crippen molar-refractivity contribution in [2.45, 2.75) is 26.3 Å². The number of methoxy groups -OCH3 is 1. The van der Waals surface area contributed by atoms with E-state index in [-0.39, 0.29) is 0 Å². The van der Waals surface area contributed by atoms with Crippen LogP contribution in [0.1, 0.15) is 18.9 Å². The highest BCUT2D eigenvalue weighted by Crippen LogP contribution is 2.17. The van der Waals surface area contributed by atoms with Crippen LogP contribution in [0.2, 0.25) is 0 Å². The van der Waals surface area contributed by atoms with Gasteiger partial charge in [0.25, 0.3) is 0 Å². The summed E-state index contributed by atoms with van der Waals surface area (Å²) >= 11 is 0. The van der Waals surface area contributed by atoms with Gasteiger partial charge >= 0.3 is 0 Å². The van der Waals surface area contributed by atoms with Crippen LogP contribution in [0, 0.1) is 0 Å². The molecule has 2 aromatic rings. The number of hydrogen-bond donors (Lipinski definition) is 2. The van der Waals surface area contributed by atoms with Crippen LogP contribution in [0.15, 0.2) is 47.7 Å². The zero-order valence-electron chi connectivity index (χ0n) is 14.5. The zero-order valence-corrected chi connectivity index (χ0v) is 14.5. The Hall–Kier alpha value is -2.50. The normalized spacial score (nSPS) is 11.3. The second-order valence-corrected chi connectivity index (χ2v) is 5.37. The Bertz CT molecular complexity index is 610. The summed E-state index contributed by atoms with van der Waals surface area (Å²) in [6.07, 6.45) is 5.62. The van der Waals surface area contributed by atoms with Crippen LogP contribution in [0.25, 0.3) is 0 Å². The van der Waals surface area contributed by atoms with Gasteiger partial charge in [0.15, 0.2) is 5.96 Å². The number of ether oxygens (including phenoxy) is 1. The molecule has 0 bridgehead atoms. The van der Waals surface area contributed by atoms with E-state index in [4.69, 9.17) is 4.74 Å². The topological polar surface area (TPSA) is 63.5 Å². The highest BCUT2D eigenvalue weighted by Gasteiger charge is 2.02. The number of nitrogens with zero attached hydrogens (tertiary/aromatic N) is 3. The first kappa shape index (κ1) is 17.8. The predicted molar refractivity (Wildman–Crippen MR) is 97.5 cm³/mol. The van der Waals surface area contributed by atoms with Gasteiger partial charge in [-0.15, -0.1) is 0 Å². The number of hydrogen-bond acceptors (Lipinski definition) is 3. The van der Waals surface area contributed by atoms with E-state index >= 15 is 0 Å². The molecule has 0 saturated carbocycles. The molecule has 0 spiro atoms. The van der Waals surface area contributed by atoms with Gasteiger partial charge < -0.3 is 15.4 Å². The molecule has 6 nitrogen and oxygen atoms in total. The lowest BCUT2D eigenvalue weighted by Crippen LogP contribution is -2.38. The Morgan fingerprint density at radius 3 is 2.88 bits per heavy atom. The molecule has 0 aliphatic carbocycles. The fourth-order valence-corrected chi connectivity index (χ4v) is 2.42. The molecular formula is C18H27N5O. The van der Waals surface area contributed by atoms with E-state index < -0.39 is 0 Å². The largest absolute Gasteiger partial charge is 0.496 e. The molecule has 0 fully saturated rings. The smallest absolute Gasteiger partial charge is 0.191 e. The summed E-state index contributed by atoms with van der Waals surface area (Å²) in [5.41, 5.74) is 1.20. The van der Waals surface area contributed by atoms with Crippen LogP contribution in [0.3, 0.4) is 0 Å². The standard InChI is InChI=1S/C18H27N5O/c1-3-19-18(20-11-6-14-23-15-7-12-22-23)21-13-10-16-8-4-5-9-17(16)24-2/h4-5,7-9,12,15H,3,6,10-11,13-14H2,1-2H3,(H2,19,20,21). The van der Waals surface area contributed by atoms with Crippen molar-refractivity contribution < 1.29 is 4.74 Å². The van der Waals surface area contributed by atoms with Gasteiger partial charge in [-0.2, -0.15) is 5.10 Å². The lowest BCUT2D eigenvalue weighted by molar-refractivity contribution is 0.409. The first-order valence-electron chi connectivity index (χ1n) is 8.45. The lowest BCUT2D eigenvalue weighted by atomic mass is 10.1. The van der Waals surface area contributed by atoms with Gasteiger partial charge in [0.1, 0.15) is 5.75 Å². The maximum atomic E-state index is 5.38. The SMILES string of the molecule is CCNC(=NCCCn1cccn1)NCCc1ccccc1OC. The van der Waals surface area contributed by atoms with Crippen LogP contribution in [-0.2, 0) is 13.0 Å². The highest BCUT2D eigenvalue weighted by atomic mass is 16.5. The zero-order chi connectivity index (χ0) is 17.0. The molecule has 0 saturated heterocycles. The summed E-state index contributed by atoms with van der Waals surface area (Å²) in [5, 5.41) is 10.8. The van der Waals surface area contributed by atoms with Crippen molar-refractivity contribution in [3.63, 3.8) is 0 Å². The second-order valence-electron chi connectivity index (χ2n) is 5.37. The fourth-order valence-electron chi connectivity index (χ4n) is 2.42. The predicted octanol–water partition coefficient (Wildman–Crippen LogP) is 2.08. The maximum Gasteiger partial charge on any atom is 0.191 e. The molecule has 1 heterocycles. The van der Waals surface area contributed by atoms with E-state index in [2.05, 4.69) is 33.7 Å². The van der Waals surface area contributed by atoms with E-state index in [1.807, 2.05) is 35.1 Å². The number of rotatable bonds is 9. The number of nitrogens with one attached hydrogen (secondary N) is 2. The number of aromatic nitrogens is 2. The third-order valence-corrected chi connectivity index (χ3v) is 3.60. The van der Waals surface area contributed by atoms with Crippen LogP contribution >= 0.6 is 0 Å². The van der Waals surface area contributed by atoms with Crippen LogP contribution < -0.4 is 15.4 Å². The van der Waals surface area contributed by atoms with Crippen molar-refractivity contribution in [1.82, 2.24) is 20.4 Å². The van der Waals surface area contributed by atoms with Crippen molar-refractivity contribution in [2.24, 2.45) is 4.99 Å². The Morgan fingerprint density at radius 1 is 1.25 bits per heavy atom. The van der Waals surface area contributed by atoms with Crippen molar-refractivity contribution >= 4 is 5.96 Å². The van der Waals surface area contributed by atoms with Crippen molar-refractivity contribution in [1.29, 1.82) is 0 Å². The summed E-state index contributed by atoms with van der Waals surface area (Å²) in [5.74, 6) is 1.79. The number of aliphatic imine (C=N–C) groups is 1. The van der Waals surface area contributed by atoms with Gasteiger partial charge in [0, 0.05) is 38.6 Å². The molecule has 2 N–H and O–H groups in total. The molecule has 130 valence electrons. The van der Waals surface area contributed by atoms with Gasteiger partial charge in [-0.05, 0) is 37.5 Å². The Morgan fingerprint density at radius 2 is 2.12 bits per heavy atom. The molecule has 0 amide bonds. The van der Waals surface area contributed by atoms with Crippen LogP contribution in [0.4, 0.5) is 0 Å². The first-order valence-corrected chi connectivity index (χ1v) is 8.45. The van der Waals surface area contributed by atoms with Gasteiger partial charge in [-0.3, -0.25) is 9.67 Å². The molecular weight excluding hydrogens is 302 g/mol. The molecule has 24 heavy (non-hydrogen) atoms. The van der Waals surface area contributed by atoms with Crippen molar-refractivity contribution in [2.75, 3.05) is 26.7 Å².